The highest BCUT2D eigenvalue weighted by Crippen LogP contribution is 2.21. The number of hydrogen-bond acceptors (Lipinski definition) is 3. The molecule has 7 heteroatoms. The maximum atomic E-state index is 13.7. The molecule has 3 aromatic rings. The van der Waals surface area contributed by atoms with E-state index in [1.807, 2.05) is 6.07 Å². The molecule has 0 saturated heterocycles. The van der Waals surface area contributed by atoms with Crippen LogP contribution in [0.5, 0.6) is 0 Å². The Hall–Kier alpha value is -3.79. The molecule has 0 saturated carbocycles. The van der Waals surface area contributed by atoms with Gasteiger partial charge in [-0.3, -0.25) is 4.79 Å². The fraction of sp³-hybridized carbons (Fsp3) is 0. The monoisotopic (exact) mass is 367 g/mol. The molecule has 134 valence electrons. The van der Waals surface area contributed by atoms with Crippen LogP contribution in [0.2, 0.25) is 0 Å². The van der Waals surface area contributed by atoms with Gasteiger partial charge in [-0.1, -0.05) is 6.07 Å². The fourth-order valence-corrected chi connectivity index (χ4v) is 2.37. The first kappa shape index (κ1) is 18.0. The molecule has 1 amide bonds. The van der Waals surface area contributed by atoms with E-state index in [0.29, 0.717) is 23.0 Å². The molecule has 0 bridgehead atoms. The van der Waals surface area contributed by atoms with Crippen molar-refractivity contribution in [1.29, 1.82) is 5.26 Å². The van der Waals surface area contributed by atoms with Crippen molar-refractivity contribution in [3.63, 3.8) is 0 Å². The summed E-state index contributed by atoms with van der Waals surface area (Å²) in [4.78, 5) is 12.1. The molecular formula is C20H12F3N3O. The van der Waals surface area contributed by atoms with Gasteiger partial charge in [0.15, 0.2) is 17.5 Å². The molecular weight excluding hydrogens is 355 g/mol. The molecule has 3 aromatic carbocycles. The van der Waals surface area contributed by atoms with Crippen molar-refractivity contribution >= 4 is 23.0 Å². The maximum Gasteiger partial charge on any atom is 0.258 e. The number of benzene rings is 3. The minimum atomic E-state index is -1.69. The third-order valence-corrected chi connectivity index (χ3v) is 3.70. The Morgan fingerprint density at radius 2 is 1.56 bits per heavy atom. The highest BCUT2D eigenvalue weighted by Gasteiger charge is 2.18. The van der Waals surface area contributed by atoms with Crippen LogP contribution in [-0.4, -0.2) is 5.91 Å². The largest absolute Gasteiger partial charge is 0.355 e. The predicted octanol–water partition coefficient (Wildman–Crippen LogP) is 4.97. The molecule has 3 rings (SSSR count). The standard InChI is InChI=1S/C20H12F3N3O/c21-17-9-8-16(18(22)19(17)23)20(27)26-14-6-4-13(5-7-14)25-15-3-1-2-12(10-15)11-24/h1-10,25H,(H,26,27). The van der Waals surface area contributed by atoms with Gasteiger partial charge in [-0.25, -0.2) is 13.2 Å². The number of nitrogens with one attached hydrogen (secondary N) is 2. The zero-order valence-electron chi connectivity index (χ0n) is 13.8. The predicted molar refractivity (Wildman–Crippen MR) is 95.2 cm³/mol. The zero-order valence-corrected chi connectivity index (χ0v) is 13.8. The van der Waals surface area contributed by atoms with E-state index in [4.69, 9.17) is 5.26 Å². The van der Waals surface area contributed by atoms with Crippen LogP contribution in [-0.2, 0) is 0 Å². The van der Waals surface area contributed by atoms with Gasteiger partial charge in [-0.05, 0) is 54.6 Å². The summed E-state index contributed by atoms with van der Waals surface area (Å²) in [6.45, 7) is 0. The van der Waals surface area contributed by atoms with E-state index < -0.39 is 28.9 Å². The molecule has 0 aromatic heterocycles. The van der Waals surface area contributed by atoms with Gasteiger partial charge in [-0.2, -0.15) is 5.26 Å². The van der Waals surface area contributed by atoms with Gasteiger partial charge >= 0.3 is 0 Å². The summed E-state index contributed by atoms with van der Waals surface area (Å²) in [6.07, 6.45) is 0. The van der Waals surface area contributed by atoms with Gasteiger partial charge in [0.2, 0.25) is 0 Å². The average Bonchev–Trinajstić information content (AvgIpc) is 2.68. The van der Waals surface area contributed by atoms with E-state index in [2.05, 4.69) is 10.6 Å². The second-order valence-corrected chi connectivity index (χ2v) is 5.57. The summed E-state index contributed by atoms with van der Waals surface area (Å²) in [5, 5.41) is 14.4. The number of halogens is 3. The van der Waals surface area contributed by atoms with Gasteiger partial charge in [-0.15, -0.1) is 0 Å². The van der Waals surface area contributed by atoms with Gasteiger partial charge in [0.05, 0.1) is 17.2 Å². The number of hydrogen-bond donors (Lipinski definition) is 2. The van der Waals surface area contributed by atoms with Crippen LogP contribution < -0.4 is 10.6 Å². The zero-order chi connectivity index (χ0) is 19.4. The van der Waals surface area contributed by atoms with E-state index in [1.54, 1.807) is 48.5 Å². The van der Waals surface area contributed by atoms with Crippen molar-refractivity contribution in [2.75, 3.05) is 10.6 Å². The van der Waals surface area contributed by atoms with Crippen LogP contribution in [0, 0.1) is 28.8 Å². The molecule has 27 heavy (non-hydrogen) atoms. The maximum absolute atomic E-state index is 13.7. The Morgan fingerprint density at radius 3 is 2.26 bits per heavy atom. The minimum Gasteiger partial charge on any atom is -0.355 e. The molecule has 0 aliphatic rings. The topological polar surface area (TPSA) is 64.9 Å². The molecule has 0 aliphatic carbocycles. The van der Waals surface area contributed by atoms with E-state index in [0.717, 1.165) is 11.8 Å². The first-order valence-electron chi connectivity index (χ1n) is 7.80. The summed E-state index contributed by atoms with van der Waals surface area (Å²) in [5.41, 5.74) is 1.68. The molecule has 0 atom stereocenters. The van der Waals surface area contributed by atoms with Crippen LogP contribution in [0.15, 0.2) is 60.7 Å². The van der Waals surface area contributed by atoms with Crippen molar-refractivity contribution in [2.45, 2.75) is 0 Å². The molecule has 0 spiro atoms. The Labute approximate surface area is 152 Å². The number of carbonyl (C=O) groups is 1. The first-order chi connectivity index (χ1) is 13.0. The van der Waals surface area contributed by atoms with Crippen LogP contribution in [0.4, 0.5) is 30.2 Å². The van der Waals surface area contributed by atoms with Gasteiger partial charge in [0.1, 0.15) is 0 Å². The smallest absolute Gasteiger partial charge is 0.258 e. The summed E-state index contributed by atoms with van der Waals surface area (Å²) >= 11 is 0. The fourth-order valence-electron chi connectivity index (χ4n) is 2.37. The molecule has 0 radical (unpaired) electrons. The Kier molecular flexibility index (Phi) is 5.08. The number of amides is 1. The van der Waals surface area contributed by atoms with Crippen LogP contribution in [0.25, 0.3) is 0 Å². The van der Waals surface area contributed by atoms with E-state index in [9.17, 15) is 18.0 Å². The average molecular weight is 367 g/mol. The summed E-state index contributed by atoms with van der Waals surface area (Å²) < 4.78 is 39.9. The van der Waals surface area contributed by atoms with Crippen molar-refractivity contribution < 1.29 is 18.0 Å². The summed E-state index contributed by atoms with van der Waals surface area (Å²) in [7, 11) is 0. The summed E-state index contributed by atoms with van der Waals surface area (Å²) in [6, 6.07) is 17.0. The SMILES string of the molecule is N#Cc1cccc(Nc2ccc(NC(=O)c3ccc(F)c(F)c3F)cc2)c1. The third-order valence-electron chi connectivity index (χ3n) is 3.70. The first-order valence-corrected chi connectivity index (χ1v) is 7.80. The van der Waals surface area contributed by atoms with Crippen molar-refractivity contribution in [3.8, 4) is 6.07 Å². The number of anilines is 3. The Balaban J connectivity index is 1.71. The minimum absolute atomic E-state index is 0.348. The Morgan fingerprint density at radius 1 is 0.852 bits per heavy atom. The van der Waals surface area contributed by atoms with E-state index in [-0.39, 0.29) is 0 Å². The lowest BCUT2D eigenvalue weighted by Crippen LogP contribution is -2.15. The highest BCUT2D eigenvalue weighted by molar-refractivity contribution is 6.04. The molecule has 0 aliphatic heterocycles. The molecule has 0 fully saturated rings. The Bertz CT molecular complexity index is 1040. The molecule has 4 nitrogen and oxygen atoms in total. The molecule has 0 unspecified atom stereocenters. The third kappa shape index (κ3) is 4.07. The van der Waals surface area contributed by atoms with Gasteiger partial charge in [0, 0.05) is 17.1 Å². The van der Waals surface area contributed by atoms with Crippen LogP contribution in [0.1, 0.15) is 15.9 Å². The lowest BCUT2D eigenvalue weighted by molar-refractivity contribution is 0.102. The van der Waals surface area contributed by atoms with Gasteiger partial charge < -0.3 is 10.6 Å². The van der Waals surface area contributed by atoms with E-state index >= 15 is 0 Å². The second kappa shape index (κ2) is 7.62. The van der Waals surface area contributed by atoms with Crippen molar-refractivity contribution in [3.05, 3.63) is 89.2 Å². The number of nitrogens with zero attached hydrogens (tertiary/aromatic N) is 1. The molecule has 0 heterocycles. The van der Waals surface area contributed by atoms with Crippen molar-refractivity contribution in [2.24, 2.45) is 0 Å². The number of carbonyl (C=O) groups excluding carboxylic acids is 1. The summed E-state index contributed by atoms with van der Waals surface area (Å²) in [5.74, 6) is -5.49. The quantitative estimate of drug-likeness (QED) is 0.640. The van der Waals surface area contributed by atoms with E-state index in [1.165, 1.54) is 0 Å². The lowest BCUT2D eigenvalue weighted by Gasteiger charge is -2.10. The normalized spacial score (nSPS) is 10.1. The van der Waals surface area contributed by atoms with Crippen LogP contribution in [0.3, 0.4) is 0 Å². The highest BCUT2D eigenvalue weighted by atomic mass is 19.2. The van der Waals surface area contributed by atoms with Gasteiger partial charge in [0.25, 0.3) is 5.91 Å². The number of rotatable bonds is 4. The lowest BCUT2D eigenvalue weighted by atomic mass is 10.1. The van der Waals surface area contributed by atoms with Crippen LogP contribution >= 0.6 is 0 Å². The molecule has 2 N–H and O–H groups in total. The number of nitriles is 1. The van der Waals surface area contributed by atoms with Crippen molar-refractivity contribution in [1.82, 2.24) is 0 Å². The second-order valence-electron chi connectivity index (χ2n) is 5.57.